The molecule has 0 aliphatic heterocycles. The van der Waals surface area contributed by atoms with Crippen molar-refractivity contribution in [3.8, 4) is 0 Å². The third kappa shape index (κ3) is 5.68. The molecule has 0 unspecified atom stereocenters. The first kappa shape index (κ1) is 16.1. The van der Waals surface area contributed by atoms with Crippen LogP contribution in [0.3, 0.4) is 0 Å². The smallest absolute Gasteiger partial charge is 0.306 e. The van der Waals surface area contributed by atoms with Gasteiger partial charge in [-0.05, 0) is 28.8 Å². The van der Waals surface area contributed by atoms with Crippen molar-refractivity contribution in [2.24, 2.45) is 0 Å². The Morgan fingerprint density at radius 1 is 1.53 bits per heavy atom. The van der Waals surface area contributed by atoms with Gasteiger partial charge in [0.2, 0.25) is 0 Å². The predicted molar refractivity (Wildman–Crippen MR) is 74.2 cm³/mol. The minimum atomic E-state index is -3.54. The number of thiophene rings is 1. The molecule has 0 radical (unpaired) electrons. The number of hydrogen-bond acceptors (Lipinski definition) is 5. The van der Waals surface area contributed by atoms with Crippen LogP contribution in [0.1, 0.15) is 12.0 Å². The van der Waals surface area contributed by atoms with Crippen LogP contribution in [0.4, 0.5) is 0 Å². The highest BCUT2D eigenvalue weighted by Crippen LogP contribution is 2.06. The molecule has 0 aliphatic rings. The van der Waals surface area contributed by atoms with Crippen LogP contribution in [-0.2, 0) is 26.2 Å². The van der Waals surface area contributed by atoms with Crippen LogP contribution in [0.2, 0.25) is 0 Å². The predicted octanol–water partition coefficient (Wildman–Crippen LogP) is 0.620. The first-order valence-corrected chi connectivity index (χ1v) is 8.13. The molecule has 0 amide bonds. The Hall–Kier alpha value is -0.960. The van der Waals surface area contributed by atoms with Crippen LogP contribution in [0.25, 0.3) is 0 Å². The maximum atomic E-state index is 11.8. The molecule has 1 heterocycles. The Labute approximate surface area is 117 Å². The summed E-state index contributed by atoms with van der Waals surface area (Å²) in [5.74, 6) is -0.430. The van der Waals surface area contributed by atoms with Crippen LogP contribution < -0.4 is 4.72 Å². The van der Waals surface area contributed by atoms with E-state index in [9.17, 15) is 13.2 Å². The van der Waals surface area contributed by atoms with Crippen LogP contribution in [-0.4, -0.2) is 45.9 Å². The maximum absolute atomic E-state index is 11.8. The Bertz CT molecular complexity index is 485. The van der Waals surface area contributed by atoms with Crippen molar-refractivity contribution >= 4 is 27.5 Å². The zero-order valence-electron chi connectivity index (χ0n) is 11.0. The minimum Gasteiger partial charge on any atom is -0.469 e. The Kier molecular flexibility index (Phi) is 6.43. The Morgan fingerprint density at radius 2 is 2.26 bits per heavy atom. The quantitative estimate of drug-likeness (QED) is 0.714. The van der Waals surface area contributed by atoms with Gasteiger partial charge >= 0.3 is 5.97 Å². The number of esters is 1. The third-order valence-corrected chi connectivity index (χ3v) is 4.85. The number of rotatable bonds is 8. The summed E-state index contributed by atoms with van der Waals surface area (Å²) in [6, 6.07) is 1.96. The molecule has 6 nitrogen and oxygen atoms in total. The molecule has 0 spiro atoms. The lowest BCUT2D eigenvalue weighted by Gasteiger charge is -2.16. The zero-order chi connectivity index (χ0) is 14.3. The Balaban J connectivity index is 2.35. The summed E-state index contributed by atoms with van der Waals surface area (Å²) in [7, 11) is -0.838. The van der Waals surface area contributed by atoms with Gasteiger partial charge in [-0.3, -0.25) is 4.79 Å². The molecule has 1 aromatic heterocycles. The Morgan fingerprint density at radius 3 is 2.84 bits per heavy atom. The van der Waals surface area contributed by atoms with Gasteiger partial charge in [0.1, 0.15) is 0 Å². The molecule has 0 bridgehead atoms. The van der Waals surface area contributed by atoms with Crippen LogP contribution >= 0.6 is 11.3 Å². The van der Waals surface area contributed by atoms with Gasteiger partial charge in [-0.1, -0.05) is 0 Å². The highest BCUT2D eigenvalue weighted by atomic mass is 32.2. The molecule has 0 aliphatic carbocycles. The molecule has 0 aromatic carbocycles. The molecular formula is C11H18N2O4S2. The van der Waals surface area contributed by atoms with Gasteiger partial charge < -0.3 is 4.74 Å². The van der Waals surface area contributed by atoms with Gasteiger partial charge in [-0.2, -0.15) is 24.1 Å². The van der Waals surface area contributed by atoms with Crippen molar-refractivity contribution < 1.29 is 17.9 Å². The second kappa shape index (κ2) is 7.59. The summed E-state index contributed by atoms with van der Waals surface area (Å²) >= 11 is 1.58. The van der Waals surface area contributed by atoms with E-state index < -0.39 is 16.2 Å². The van der Waals surface area contributed by atoms with Crippen molar-refractivity contribution in [2.75, 3.05) is 27.2 Å². The SMILES string of the molecule is COC(=O)CCN(C)S(=O)(=O)NCCc1ccsc1. The van der Waals surface area contributed by atoms with E-state index in [1.54, 1.807) is 11.3 Å². The van der Waals surface area contributed by atoms with Crippen LogP contribution in [0.5, 0.6) is 0 Å². The third-order valence-electron chi connectivity index (χ3n) is 2.55. The van der Waals surface area contributed by atoms with Crippen LogP contribution in [0.15, 0.2) is 16.8 Å². The van der Waals surface area contributed by atoms with E-state index in [0.717, 1.165) is 9.87 Å². The number of carbonyl (C=O) groups excluding carboxylic acids is 1. The zero-order valence-corrected chi connectivity index (χ0v) is 12.6. The van der Waals surface area contributed by atoms with Gasteiger partial charge in [0.25, 0.3) is 10.2 Å². The first-order valence-electron chi connectivity index (χ1n) is 5.74. The fourth-order valence-electron chi connectivity index (χ4n) is 1.34. The maximum Gasteiger partial charge on any atom is 0.306 e. The number of ether oxygens (including phenoxy) is 1. The fraction of sp³-hybridized carbons (Fsp3) is 0.545. The van der Waals surface area contributed by atoms with Crippen molar-refractivity contribution in [1.29, 1.82) is 0 Å². The lowest BCUT2D eigenvalue weighted by atomic mass is 10.2. The number of carbonyl (C=O) groups is 1. The molecule has 0 saturated heterocycles. The summed E-state index contributed by atoms with van der Waals surface area (Å²) in [5.41, 5.74) is 1.10. The summed E-state index contributed by atoms with van der Waals surface area (Å²) in [4.78, 5) is 10.9. The van der Waals surface area contributed by atoms with Gasteiger partial charge in [-0.25, -0.2) is 4.72 Å². The van der Waals surface area contributed by atoms with Crippen LogP contribution in [0, 0.1) is 0 Å². The minimum absolute atomic E-state index is 0.0401. The summed E-state index contributed by atoms with van der Waals surface area (Å²) in [6.07, 6.45) is 0.687. The van der Waals surface area contributed by atoms with E-state index in [-0.39, 0.29) is 13.0 Å². The lowest BCUT2D eigenvalue weighted by molar-refractivity contribution is -0.140. The molecule has 0 atom stereocenters. The standard InChI is InChI=1S/C11H18N2O4S2/c1-13(7-4-11(14)17-2)19(15,16)12-6-3-10-5-8-18-9-10/h5,8-9,12H,3-4,6-7H2,1-2H3. The number of methoxy groups -OCH3 is 1. The van der Waals surface area contributed by atoms with Crippen molar-refractivity contribution in [3.05, 3.63) is 22.4 Å². The van der Waals surface area contributed by atoms with Crippen molar-refractivity contribution in [3.63, 3.8) is 0 Å². The normalized spacial score (nSPS) is 11.7. The molecule has 19 heavy (non-hydrogen) atoms. The van der Waals surface area contributed by atoms with Gasteiger partial charge in [-0.15, -0.1) is 0 Å². The average molecular weight is 306 g/mol. The molecule has 108 valence electrons. The van der Waals surface area contributed by atoms with E-state index in [2.05, 4.69) is 9.46 Å². The molecular weight excluding hydrogens is 288 g/mol. The number of nitrogens with zero attached hydrogens (tertiary/aromatic N) is 1. The van der Waals surface area contributed by atoms with Crippen molar-refractivity contribution in [1.82, 2.24) is 9.03 Å². The van der Waals surface area contributed by atoms with Gasteiger partial charge in [0, 0.05) is 20.1 Å². The second-order valence-corrected chi connectivity index (χ2v) is 6.57. The molecule has 0 saturated carbocycles. The van der Waals surface area contributed by atoms with E-state index in [4.69, 9.17) is 0 Å². The molecule has 0 fully saturated rings. The van der Waals surface area contributed by atoms with Gasteiger partial charge in [0.15, 0.2) is 0 Å². The highest BCUT2D eigenvalue weighted by molar-refractivity contribution is 7.87. The molecule has 1 aromatic rings. The fourth-order valence-corrected chi connectivity index (χ4v) is 2.96. The molecule has 8 heteroatoms. The van der Waals surface area contributed by atoms with E-state index in [1.807, 2.05) is 16.8 Å². The van der Waals surface area contributed by atoms with E-state index >= 15 is 0 Å². The monoisotopic (exact) mass is 306 g/mol. The largest absolute Gasteiger partial charge is 0.469 e. The van der Waals surface area contributed by atoms with E-state index in [0.29, 0.717) is 13.0 Å². The van der Waals surface area contributed by atoms with E-state index in [1.165, 1.54) is 14.2 Å². The summed E-state index contributed by atoms with van der Waals surface area (Å²) in [6.45, 7) is 0.433. The van der Waals surface area contributed by atoms with Crippen molar-refractivity contribution in [2.45, 2.75) is 12.8 Å². The topological polar surface area (TPSA) is 75.7 Å². The lowest BCUT2D eigenvalue weighted by Crippen LogP contribution is -2.40. The number of nitrogens with one attached hydrogen (secondary N) is 1. The van der Waals surface area contributed by atoms with Gasteiger partial charge in [0.05, 0.1) is 13.5 Å². The summed E-state index contributed by atoms with van der Waals surface area (Å²) < 4.78 is 31.7. The molecule has 1 N–H and O–H groups in total. The summed E-state index contributed by atoms with van der Waals surface area (Å²) in [5, 5.41) is 3.93. The molecule has 1 rings (SSSR count). The average Bonchev–Trinajstić information content (AvgIpc) is 2.88. The first-order chi connectivity index (χ1) is 8.95. The second-order valence-electron chi connectivity index (χ2n) is 3.93. The number of hydrogen-bond donors (Lipinski definition) is 1. The highest BCUT2D eigenvalue weighted by Gasteiger charge is 2.17.